The topological polar surface area (TPSA) is 30.7 Å². The molecule has 0 unspecified atom stereocenters. The van der Waals surface area contributed by atoms with Crippen LogP contribution in [0.1, 0.15) is 31.2 Å². The van der Waals surface area contributed by atoms with Gasteiger partial charge in [0.1, 0.15) is 5.52 Å². The molecule has 0 N–H and O–H groups in total. The Morgan fingerprint density at radius 2 is 2.07 bits per heavy atom. The highest BCUT2D eigenvalue weighted by Gasteiger charge is 2.08. The highest BCUT2D eigenvalue weighted by Crippen LogP contribution is 2.20. The summed E-state index contributed by atoms with van der Waals surface area (Å²) in [4.78, 5) is 4.54. The predicted molar refractivity (Wildman–Crippen MR) is 57.3 cm³/mol. The molecule has 74 valence electrons. The number of pyridine rings is 1. The van der Waals surface area contributed by atoms with Crippen molar-refractivity contribution in [2.45, 2.75) is 26.7 Å². The van der Waals surface area contributed by atoms with Crippen LogP contribution in [-0.2, 0) is 7.05 Å². The molecule has 14 heavy (non-hydrogen) atoms. The van der Waals surface area contributed by atoms with Gasteiger partial charge in [0, 0.05) is 24.3 Å². The van der Waals surface area contributed by atoms with Crippen molar-refractivity contribution in [1.29, 1.82) is 0 Å². The lowest BCUT2D eigenvalue weighted by molar-refractivity contribution is 0.777. The molecule has 3 nitrogen and oxygen atoms in total. The molecule has 0 aliphatic rings. The van der Waals surface area contributed by atoms with Gasteiger partial charge in [-0.2, -0.15) is 5.10 Å². The molecule has 0 saturated carbocycles. The van der Waals surface area contributed by atoms with E-state index in [1.807, 2.05) is 24.9 Å². The van der Waals surface area contributed by atoms with E-state index in [2.05, 4.69) is 30.0 Å². The van der Waals surface area contributed by atoms with Gasteiger partial charge < -0.3 is 0 Å². The van der Waals surface area contributed by atoms with Crippen LogP contribution in [0.2, 0.25) is 0 Å². The van der Waals surface area contributed by atoms with Crippen molar-refractivity contribution in [3.8, 4) is 0 Å². The van der Waals surface area contributed by atoms with E-state index in [1.54, 1.807) is 0 Å². The first-order valence-corrected chi connectivity index (χ1v) is 4.89. The molecule has 0 fully saturated rings. The fraction of sp³-hybridized carbons (Fsp3) is 0.455. The maximum Gasteiger partial charge on any atom is 0.113 e. The molecule has 0 saturated heterocycles. The molecular weight excluding hydrogens is 174 g/mol. The summed E-state index contributed by atoms with van der Waals surface area (Å²) in [6, 6.07) is 2.12. The number of aromatic nitrogens is 3. The molecule has 0 atom stereocenters. The van der Waals surface area contributed by atoms with Crippen molar-refractivity contribution in [2.75, 3.05) is 0 Å². The van der Waals surface area contributed by atoms with Crippen LogP contribution in [0.5, 0.6) is 0 Å². The van der Waals surface area contributed by atoms with Crippen LogP contribution in [0.15, 0.2) is 12.3 Å². The second kappa shape index (κ2) is 3.08. The zero-order valence-corrected chi connectivity index (χ0v) is 9.07. The van der Waals surface area contributed by atoms with E-state index < -0.39 is 0 Å². The van der Waals surface area contributed by atoms with Gasteiger partial charge in [-0.3, -0.25) is 9.67 Å². The zero-order valence-electron chi connectivity index (χ0n) is 9.07. The number of hydrogen-bond donors (Lipinski definition) is 0. The van der Waals surface area contributed by atoms with E-state index in [9.17, 15) is 0 Å². The average molecular weight is 189 g/mol. The third kappa shape index (κ3) is 1.39. The number of fused-ring (bicyclic) bond motifs is 1. The molecular formula is C11H15N3. The largest absolute Gasteiger partial charge is 0.275 e. The second-order valence-corrected chi connectivity index (χ2v) is 4.03. The lowest BCUT2D eigenvalue weighted by Crippen LogP contribution is -1.95. The summed E-state index contributed by atoms with van der Waals surface area (Å²) in [5, 5.41) is 5.55. The summed E-state index contributed by atoms with van der Waals surface area (Å²) in [7, 11) is 1.94. The number of aryl methyl sites for hydroxylation is 2. The quantitative estimate of drug-likeness (QED) is 0.689. The van der Waals surface area contributed by atoms with Crippen LogP contribution in [0.3, 0.4) is 0 Å². The fourth-order valence-corrected chi connectivity index (χ4v) is 1.63. The monoisotopic (exact) mass is 189 g/mol. The van der Waals surface area contributed by atoms with Gasteiger partial charge >= 0.3 is 0 Å². The molecule has 0 radical (unpaired) electrons. The molecule has 0 aliphatic heterocycles. The van der Waals surface area contributed by atoms with Gasteiger partial charge in [0.25, 0.3) is 0 Å². The maximum absolute atomic E-state index is 4.54. The van der Waals surface area contributed by atoms with Crippen LogP contribution in [-0.4, -0.2) is 14.8 Å². The first-order chi connectivity index (χ1) is 6.58. The van der Waals surface area contributed by atoms with Crippen molar-refractivity contribution in [2.24, 2.45) is 7.05 Å². The zero-order chi connectivity index (χ0) is 10.3. The van der Waals surface area contributed by atoms with Crippen LogP contribution in [0.25, 0.3) is 10.9 Å². The summed E-state index contributed by atoms with van der Waals surface area (Å²) in [6.45, 7) is 6.33. The minimum absolute atomic E-state index is 0.471. The summed E-state index contributed by atoms with van der Waals surface area (Å²) < 4.78 is 1.84. The Kier molecular flexibility index (Phi) is 2.02. The number of nitrogens with zero attached hydrogens (tertiary/aromatic N) is 3. The lowest BCUT2D eigenvalue weighted by atomic mass is 10.1. The van der Waals surface area contributed by atoms with Crippen LogP contribution in [0.4, 0.5) is 0 Å². The van der Waals surface area contributed by atoms with E-state index in [0.29, 0.717) is 5.92 Å². The van der Waals surface area contributed by atoms with Gasteiger partial charge in [0.2, 0.25) is 0 Å². The second-order valence-electron chi connectivity index (χ2n) is 4.03. The Morgan fingerprint density at radius 3 is 2.71 bits per heavy atom. The SMILES string of the molecule is Cc1nc(C(C)C)cc2cn(C)nc12. The molecule has 0 bridgehead atoms. The van der Waals surface area contributed by atoms with E-state index in [-0.39, 0.29) is 0 Å². The molecule has 0 aromatic carbocycles. The van der Waals surface area contributed by atoms with Crippen molar-refractivity contribution in [1.82, 2.24) is 14.8 Å². The fourth-order valence-electron chi connectivity index (χ4n) is 1.63. The van der Waals surface area contributed by atoms with Gasteiger partial charge in [-0.15, -0.1) is 0 Å². The molecule has 0 amide bonds. The Morgan fingerprint density at radius 1 is 1.36 bits per heavy atom. The predicted octanol–water partition coefficient (Wildman–Crippen LogP) is 2.40. The molecule has 2 heterocycles. The van der Waals surface area contributed by atoms with Gasteiger partial charge in [-0.05, 0) is 18.9 Å². The van der Waals surface area contributed by atoms with Gasteiger partial charge in [-0.25, -0.2) is 0 Å². The summed E-state index contributed by atoms with van der Waals surface area (Å²) in [5.41, 5.74) is 3.17. The smallest absolute Gasteiger partial charge is 0.113 e. The van der Waals surface area contributed by atoms with Crippen molar-refractivity contribution in [3.63, 3.8) is 0 Å². The minimum Gasteiger partial charge on any atom is -0.275 e. The first-order valence-electron chi connectivity index (χ1n) is 4.89. The Labute approximate surface area is 83.8 Å². The summed E-state index contributed by atoms with van der Waals surface area (Å²) in [6.07, 6.45) is 2.04. The molecule has 3 heteroatoms. The molecule has 0 spiro atoms. The highest BCUT2D eigenvalue weighted by molar-refractivity contribution is 5.80. The van der Waals surface area contributed by atoms with Crippen LogP contribution < -0.4 is 0 Å². The van der Waals surface area contributed by atoms with E-state index >= 15 is 0 Å². The Hall–Kier alpha value is -1.38. The standard InChI is InChI=1S/C11H15N3/c1-7(2)10-5-9-6-14(4)13-11(9)8(3)12-10/h5-7H,1-4H3. The van der Waals surface area contributed by atoms with Crippen LogP contribution >= 0.6 is 0 Å². The summed E-state index contributed by atoms with van der Waals surface area (Å²) in [5.74, 6) is 0.471. The lowest BCUT2D eigenvalue weighted by Gasteiger charge is -2.05. The molecule has 2 rings (SSSR count). The molecule has 2 aromatic rings. The van der Waals surface area contributed by atoms with Crippen LogP contribution in [0, 0.1) is 6.92 Å². The normalized spacial score (nSPS) is 11.5. The van der Waals surface area contributed by atoms with E-state index in [0.717, 1.165) is 16.9 Å². The third-order valence-electron chi connectivity index (χ3n) is 2.39. The van der Waals surface area contributed by atoms with Gasteiger partial charge in [0.15, 0.2) is 0 Å². The van der Waals surface area contributed by atoms with Crippen molar-refractivity contribution >= 4 is 10.9 Å². The van der Waals surface area contributed by atoms with Gasteiger partial charge in [-0.1, -0.05) is 13.8 Å². The third-order valence-corrected chi connectivity index (χ3v) is 2.39. The van der Waals surface area contributed by atoms with Crippen molar-refractivity contribution < 1.29 is 0 Å². The van der Waals surface area contributed by atoms with E-state index in [4.69, 9.17) is 0 Å². The first kappa shape index (κ1) is 9.19. The Bertz CT molecular complexity index is 469. The molecule has 2 aromatic heterocycles. The highest BCUT2D eigenvalue weighted by atomic mass is 15.2. The number of rotatable bonds is 1. The summed E-state index contributed by atoms with van der Waals surface area (Å²) >= 11 is 0. The minimum atomic E-state index is 0.471. The van der Waals surface area contributed by atoms with Gasteiger partial charge in [0.05, 0.1) is 5.69 Å². The molecule has 0 aliphatic carbocycles. The Balaban J connectivity index is 2.71. The maximum atomic E-state index is 4.54. The number of hydrogen-bond acceptors (Lipinski definition) is 2. The van der Waals surface area contributed by atoms with Crippen molar-refractivity contribution in [3.05, 3.63) is 23.7 Å². The average Bonchev–Trinajstić information content (AvgIpc) is 2.45. The van der Waals surface area contributed by atoms with E-state index in [1.165, 1.54) is 5.39 Å².